The smallest absolute Gasteiger partial charge is 0.418 e. The number of carbonyl (C=O) groups is 3. The van der Waals surface area contributed by atoms with Gasteiger partial charge in [-0.25, -0.2) is 0 Å². The highest BCUT2D eigenvalue weighted by Crippen LogP contribution is 2.51. The number of benzene rings is 2. The van der Waals surface area contributed by atoms with Crippen LogP contribution in [0.15, 0.2) is 77.3 Å². The number of ketones is 1. The lowest BCUT2D eigenvalue weighted by Gasteiger charge is -2.42. The number of allylic oxidation sites excluding steroid dienone is 2. The van der Waals surface area contributed by atoms with Crippen molar-refractivity contribution >= 4 is 34.7 Å². The third-order valence-corrected chi connectivity index (χ3v) is 8.32. The fourth-order valence-electron chi connectivity index (χ4n) is 5.63. The van der Waals surface area contributed by atoms with E-state index in [9.17, 15) is 27.6 Å². The summed E-state index contributed by atoms with van der Waals surface area (Å²) in [5.41, 5.74) is -0.415. The van der Waals surface area contributed by atoms with Gasteiger partial charge in [-0.1, -0.05) is 30.3 Å². The standard InChI is InChI=1S/C30H26F3NO5S/c1-3-39-29(37)27-20(24-12-7-13-40-24)15-23-26(28(27)36)19(17-8-6-9-18(14-17)38-2)16-25(35)34(23)22-11-5-4-10-21(22)30(31,32)33/h4-14,19-20,27H,3,15-16H2,1-2H3. The number of thiophene rings is 1. The van der Waals surface area contributed by atoms with Crippen LogP contribution in [0, 0.1) is 5.92 Å². The maximum absolute atomic E-state index is 14.3. The lowest BCUT2D eigenvalue weighted by Crippen LogP contribution is -2.47. The molecule has 0 radical (unpaired) electrons. The third-order valence-electron chi connectivity index (χ3n) is 7.32. The van der Waals surface area contributed by atoms with Crippen molar-refractivity contribution in [3.8, 4) is 5.75 Å². The number of rotatable bonds is 6. The summed E-state index contributed by atoms with van der Waals surface area (Å²) in [7, 11) is 1.49. The number of ether oxygens (including phenoxy) is 2. The molecular formula is C30H26F3NO5S. The van der Waals surface area contributed by atoms with E-state index in [1.807, 2.05) is 0 Å². The molecule has 0 N–H and O–H groups in total. The van der Waals surface area contributed by atoms with E-state index in [1.54, 1.807) is 48.7 Å². The number of nitrogens with zero attached hydrogens (tertiary/aromatic N) is 1. The van der Waals surface area contributed by atoms with Crippen LogP contribution in [0.3, 0.4) is 0 Å². The fourth-order valence-corrected chi connectivity index (χ4v) is 6.50. The van der Waals surface area contributed by atoms with Crippen LogP contribution in [-0.2, 0) is 25.3 Å². The Hall–Kier alpha value is -3.92. The number of para-hydroxylation sites is 1. The second kappa shape index (κ2) is 10.9. The number of hydrogen-bond donors (Lipinski definition) is 0. The lowest BCUT2D eigenvalue weighted by molar-refractivity contribution is -0.152. The molecular weight excluding hydrogens is 543 g/mol. The van der Waals surface area contributed by atoms with E-state index in [0.717, 1.165) is 11.0 Å². The molecule has 40 heavy (non-hydrogen) atoms. The van der Waals surface area contributed by atoms with Crippen molar-refractivity contribution in [1.82, 2.24) is 0 Å². The quantitative estimate of drug-likeness (QED) is 0.251. The molecule has 1 aromatic heterocycles. The molecule has 2 aliphatic rings. The predicted molar refractivity (Wildman–Crippen MR) is 143 cm³/mol. The van der Waals surface area contributed by atoms with Crippen molar-refractivity contribution < 1.29 is 37.0 Å². The van der Waals surface area contributed by atoms with Gasteiger partial charge in [-0.2, -0.15) is 13.2 Å². The molecule has 3 atom stereocenters. The van der Waals surface area contributed by atoms with E-state index in [2.05, 4.69) is 0 Å². The number of halogens is 3. The monoisotopic (exact) mass is 569 g/mol. The maximum atomic E-state index is 14.3. The Morgan fingerprint density at radius 1 is 1.05 bits per heavy atom. The zero-order valence-electron chi connectivity index (χ0n) is 21.7. The highest BCUT2D eigenvalue weighted by molar-refractivity contribution is 7.10. The number of alkyl halides is 3. The molecule has 1 aliphatic carbocycles. The Morgan fingerprint density at radius 3 is 2.50 bits per heavy atom. The van der Waals surface area contributed by atoms with Gasteiger partial charge in [-0.15, -0.1) is 11.3 Å². The molecule has 3 unspecified atom stereocenters. The Balaban J connectivity index is 1.76. The molecule has 0 bridgehead atoms. The van der Waals surface area contributed by atoms with Gasteiger partial charge in [0.1, 0.15) is 11.7 Å². The SMILES string of the molecule is CCOC(=O)C1C(=O)C2=C(CC1c1cccs1)N(c1ccccc1C(F)(F)F)C(=O)CC2c1cccc(OC)c1. The van der Waals surface area contributed by atoms with Crippen LogP contribution in [0.25, 0.3) is 0 Å². The molecule has 208 valence electrons. The number of Topliss-reactive ketones (excluding diaryl/α,β-unsaturated/α-hetero) is 1. The van der Waals surface area contributed by atoms with E-state index in [4.69, 9.17) is 9.47 Å². The average molecular weight is 570 g/mol. The van der Waals surface area contributed by atoms with E-state index in [1.165, 1.54) is 36.6 Å². The molecule has 2 aromatic carbocycles. The van der Waals surface area contributed by atoms with Crippen LogP contribution in [0.5, 0.6) is 5.75 Å². The largest absolute Gasteiger partial charge is 0.497 e. The van der Waals surface area contributed by atoms with Gasteiger partial charge in [0.25, 0.3) is 0 Å². The second-order valence-electron chi connectivity index (χ2n) is 9.56. The minimum atomic E-state index is -4.74. The second-order valence-corrected chi connectivity index (χ2v) is 10.5. The van der Waals surface area contributed by atoms with Crippen molar-refractivity contribution in [3.05, 3.63) is 93.3 Å². The summed E-state index contributed by atoms with van der Waals surface area (Å²) in [6.45, 7) is 1.71. The molecule has 6 nitrogen and oxygen atoms in total. The van der Waals surface area contributed by atoms with Crippen molar-refractivity contribution in [2.75, 3.05) is 18.6 Å². The first-order chi connectivity index (χ1) is 19.2. The molecule has 10 heteroatoms. The third kappa shape index (κ3) is 4.92. The van der Waals surface area contributed by atoms with E-state index >= 15 is 0 Å². The van der Waals surface area contributed by atoms with Crippen molar-refractivity contribution in [3.63, 3.8) is 0 Å². The fraction of sp³-hybridized carbons (Fsp3) is 0.300. The van der Waals surface area contributed by atoms with Gasteiger partial charge in [0.2, 0.25) is 5.91 Å². The lowest BCUT2D eigenvalue weighted by atomic mass is 9.69. The number of methoxy groups -OCH3 is 1. The normalized spacial score (nSPS) is 21.3. The summed E-state index contributed by atoms with van der Waals surface area (Å²) >= 11 is 1.33. The van der Waals surface area contributed by atoms with Crippen LogP contribution < -0.4 is 9.64 Å². The first-order valence-corrected chi connectivity index (χ1v) is 13.6. The van der Waals surface area contributed by atoms with Gasteiger partial charge in [0.05, 0.1) is 25.0 Å². The Bertz CT molecular complexity index is 1480. The molecule has 3 aromatic rings. The molecule has 1 aliphatic heterocycles. The van der Waals surface area contributed by atoms with Crippen LogP contribution in [0.1, 0.15) is 47.6 Å². The number of hydrogen-bond acceptors (Lipinski definition) is 6. The van der Waals surface area contributed by atoms with Gasteiger partial charge in [-0.05, 0) is 54.6 Å². The molecule has 0 saturated carbocycles. The summed E-state index contributed by atoms with van der Waals surface area (Å²) < 4.78 is 53.0. The van der Waals surface area contributed by atoms with Gasteiger partial charge >= 0.3 is 12.1 Å². The van der Waals surface area contributed by atoms with E-state index in [0.29, 0.717) is 16.2 Å². The first kappa shape index (κ1) is 27.6. The maximum Gasteiger partial charge on any atom is 0.418 e. The van der Waals surface area contributed by atoms with Gasteiger partial charge in [0, 0.05) is 34.4 Å². The molecule has 5 rings (SSSR count). The van der Waals surface area contributed by atoms with Crippen molar-refractivity contribution in [2.24, 2.45) is 5.92 Å². The topological polar surface area (TPSA) is 72.9 Å². The summed E-state index contributed by atoms with van der Waals surface area (Å²) in [6.07, 6.45) is -4.99. The molecule has 1 amide bonds. The van der Waals surface area contributed by atoms with E-state index < -0.39 is 47.2 Å². The van der Waals surface area contributed by atoms with Crippen molar-refractivity contribution in [1.29, 1.82) is 0 Å². The summed E-state index contributed by atoms with van der Waals surface area (Å²) in [5.74, 6) is -4.00. The first-order valence-electron chi connectivity index (χ1n) is 12.8. The minimum absolute atomic E-state index is 0.00344. The van der Waals surface area contributed by atoms with E-state index in [-0.39, 0.29) is 36.4 Å². The molecule has 2 heterocycles. The zero-order chi connectivity index (χ0) is 28.6. The van der Waals surface area contributed by atoms with Gasteiger partial charge in [-0.3, -0.25) is 19.3 Å². The van der Waals surface area contributed by atoms with Crippen LogP contribution in [-0.4, -0.2) is 31.4 Å². The van der Waals surface area contributed by atoms with Crippen LogP contribution in [0.4, 0.5) is 18.9 Å². The summed E-state index contributed by atoms with van der Waals surface area (Å²) in [5, 5.41) is 1.80. The van der Waals surface area contributed by atoms with Crippen LogP contribution >= 0.6 is 11.3 Å². The predicted octanol–water partition coefficient (Wildman–Crippen LogP) is 6.49. The number of carbonyl (C=O) groups excluding carboxylic acids is 3. The summed E-state index contributed by atoms with van der Waals surface area (Å²) in [6, 6.07) is 15.3. The molecule has 0 fully saturated rings. The zero-order valence-corrected chi connectivity index (χ0v) is 22.6. The number of anilines is 1. The van der Waals surface area contributed by atoms with Gasteiger partial charge < -0.3 is 9.47 Å². The number of amides is 1. The minimum Gasteiger partial charge on any atom is -0.497 e. The van der Waals surface area contributed by atoms with Crippen LogP contribution in [0.2, 0.25) is 0 Å². The highest BCUT2D eigenvalue weighted by Gasteiger charge is 2.51. The average Bonchev–Trinajstić information content (AvgIpc) is 3.47. The molecule has 0 saturated heterocycles. The Kier molecular flexibility index (Phi) is 7.55. The summed E-state index contributed by atoms with van der Waals surface area (Å²) in [4.78, 5) is 43.1. The molecule has 0 spiro atoms. The Labute approximate surface area is 233 Å². The van der Waals surface area contributed by atoms with Gasteiger partial charge in [0.15, 0.2) is 5.78 Å². The Morgan fingerprint density at radius 2 is 1.82 bits per heavy atom. The van der Waals surface area contributed by atoms with Crippen molar-refractivity contribution in [2.45, 2.75) is 37.8 Å². The number of esters is 1. The highest BCUT2D eigenvalue weighted by atomic mass is 32.1.